The Labute approximate surface area is 139 Å². The Hall–Kier alpha value is -2.81. The number of hydrogen-bond donors (Lipinski definition) is 2. The Kier molecular flexibility index (Phi) is 4.93. The fourth-order valence-electron chi connectivity index (χ4n) is 2.69. The highest BCUT2D eigenvalue weighted by Crippen LogP contribution is 2.17. The van der Waals surface area contributed by atoms with Crippen LogP contribution in [0.5, 0.6) is 0 Å². The molecule has 6 heteroatoms. The number of aromatic nitrogens is 2. The van der Waals surface area contributed by atoms with Gasteiger partial charge in [-0.25, -0.2) is 0 Å². The molecule has 0 aliphatic heterocycles. The van der Waals surface area contributed by atoms with Crippen LogP contribution >= 0.6 is 0 Å². The van der Waals surface area contributed by atoms with Gasteiger partial charge in [-0.15, -0.1) is 6.42 Å². The van der Waals surface area contributed by atoms with Gasteiger partial charge in [0.25, 0.3) is 5.91 Å². The van der Waals surface area contributed by atoms with Gasteiger partial charge in [-0.3, -0.25) is 14.4 Å². The third kappa shape index (κ3) is 2.98. The van der Waals surface area contributed by atoms with Crippen molar-refractivity contribution >= 4 is 16.9 Å². The van der Waals surface area contributed by atoms with E-state index in [1.165, 1.54) is 4.57 Å². The molecule has 0 radical (unpaired) electrons. The van der Waals surface area contributed by atoms with Crippen molar-refractivity contribution in [1.82, 2.24) is 14.9 Å². The molecule has 0 saturated carbocycles. The first-order chi connectivity index (χ1) is 11.4. The molecule has 2 aromatic rings. The number of carbonyl (C=O) groups is 1. The maximum atomic E-state index is 12.5. The molecule has 0 spiro atoms. The molecule has 24 heavy (non-hydrogen) atoms. The minimum absolute atomic E-state index is 0.311. The molecule has 2 rings (SSSR count). The van der Waals surface area contributed by atoms with Gasteiger partial charge in [-0.05, 0) is 38.0 Å². The van der Waals surface area contributed by atoms with Gasteiger partial charge in [0.05, 0.1) is 11.0 Å². The molecular weight excluding hydrogens is 306 g/mol. The third-order valence-corrected chi connectivity index (χ3v) is 4.39. The van der Waals surface area contributed by atoms with Crippen LogP contribution in [-0.2, 0) is 6.54 Å². The Morgan fingerprint density at radius 2 is 1.96 bits per heavy atom. The first-order valence-electron chi connectivity index (χ1n) is 7.98. The zero-order valence-electron chi connectivity index (χ0n) is 14.1. The van der Waals surface area contributed by atoms with Crippen LogP contribution in [0.4, 0.5) is 0 Å². The molecule has 1 heterocycles. The van der Waals surface area contributed by atoms with E-state index in [9.17, 15) is 14.4 Å². The molecule has 0 aliphatic carbocycles. The normalized spacial score (nSPS) is 11.2. The first-order valence-corrected chi connectivity index (χ1v) is 7.98. The number of aromatic amines is 1. The summed E-state index contributed by atoms with van der Waals surface area (Å²) in [6.07, 6.45) is 6.80. The molecule has 0 bridgehead atoms. The number of terminal acetylenes is 1. The lowest BCUT2D eigenvalue weighted by molar-refractivity contribution is 0.0916. The van der Waals surface area contributed by atoms with Crippen molar-refractivity contribution in [3.8, 4) is 12.3 Å². The molecule has 1 aromatic heterocycles. The smallest absolute Gasteiger partial charge is 0.316 e. The van der Waals surface area contributed by atoms with Crippen molar-refractivity contribution in [1.29, 1.82) is 0 Å². The van der Waals surface area contributed by atoms with E-state index in [0.29, 0.717) is 36.0 Å². The highest BCUT2D eigenvalue weighted by atomic mass is 16.2. The summed E-state index contributed by atoms with van der Waals surface area (Å²) in [5.41, 5.74) is -0.614. The minimum atomic E-state index is -0.706. The lowest BCUT2D eigenvalue weighted by atomic mass is 9.93. The van der Waals surface area contributed by atoms with Crippen LogP contribution in [0, 0.1) is 12.3 Å². The zero-order chi connectivity index (χ0) is 17.9. The Morgan fingerprint density at radius 1 is 1.29 bits per heavy atom. The second kappa shape index (κ2) is 6.75. The van der Waals surface area contributed by atoms with Crippen LogP contribution < -0.4 is 16.4 Å². The van der Waals surface area contributed by atoms with Gasteiger partial charge in [-0.1, -0.05) is 19.8 Å². The molecule has 126 valence electrons. The van der Waals surface area contributed by atoms with E-state index in [1.807, 2.05) is 13.8 Å². The fraction of sp³-hybridized carbons (Fsp3) is 0.389. The third-order valence-electron chi connectivity index (χ3n) is 4.39. The first kappa shape index (κ1) is 17.5. The summed E-state index contributed by atoms with van der Waals surface area (Å²) >= 11 is 0. The lowest BCUT2D eigenvalue weighted by Gasteiger charge is -2.27. The van der Waals surface area contributed by atoms with E-state index < -0.39 is 16.7 Å². The minimum Gasteiger partial charge on any atom is -0.336 e. The lowest BCUT2D eigenvalue weighted by Crippen LogP contribution is -2.46. The zero-order valence-corrected chi connectivity index (χ0v) is 14.1. The van der Waals surface area contributed by atoms with Gasteiger partial charge in [0, 0.05) is 12.1 Å². The van der Waals surface area contributed by atoms with E-state index in [1.54, 1.807) is 25.1 Å². The van der Waals surface area contributed by atoms with Crippen molar-refractivity contribution in [3.63, 3.8) is 0 Å². The number of carbonyl (C=O) groups excluding carboxylic acids is 1. The number of hydrogen-bond acceptors (Lipinski definition) is 3. The Balaban J connectivity index is 2.50. The second-order valence-electron chi connectivity index (χ2n) is 5.62. The summed E-state index contributed by atoms with van der Waals surface area (Å²) in [7, 11) is 0. The molecule has 0 atom stereocenters. The van der Waals surface area contributed by atoms with E-state index >= 15 is 0 Å². The SMILES string of the molecule is C#CC(CC)(CC)NC(=O)c1ccc2c(c1)[nH]c(=O)c(=O)n2CC. The predicted molar refractivity (Wildman–Crippen MR) is 94.1 cm³/mol. The van der Waals surface area contributed by atoms with Crippen molar-refractivity contribution in [2.45, 2.75) is 45.7 Å². The summed E-state index contributed by atoms with van der Waals surface area (Å²) in [6, 6.07) is 4.83. The van der Waals surface area contributed by atoms with Gasteiger partial charge in [-0.2, -0.15) is 0 Å². The molecule has 0 aliphatic rings. The summed E-state index contributed by atoms with van der Waals surface area (Å²) in [6.45, 7) is 5.99. The van der Waals surface area contributed by atoms with E-state index in [2.05, 4.69) is 16.2 Å². The maximum Gasteiger partial charge on any atom is 0.316 e. The highest BCUT2D eigenvalue weighted by molar-refractivity contribution is 5.97. The van der Waals surface area contributed by atoms with Gasteiger partial charge in [0.15, 0.2) is 0 Å². The van der Waals surface area contributed by atoms with Crippen molar-refractivity contribution in [2.75, 3.05) is 0 Å². The van der Waals surface area contributed by atoms with E-state index in [4.69, 9.17) is 6.42 Å². The Bertz CT molecular complexity index is 927. The van der Waals surface area contributed by atoms with Crippen LogP contribution in [-0.4, -0.2) is 21.0 Å². The van der Waals surface area contributed by atoms with E-state index in [0.717, 1.165) is 0 Å². The molecule has 0 fully saturated rings. The largest absolute Gasteiger partial charge is 0.336 e. The van der Waals surface area contributed by atoms with Gasteiger partial charge >= 0.3 is 11.1 Å². The standard InChI is InChI=1S/C18H21N3O3/c1-5-18(6-2,7-3)20-15(22)12-9-10-14-13(11-12)19-16(23)17(24)21(14)8-4/h1,9-11H,6-8H2,2-4H3,(H,19,23)(H,20,22). The summed E-state index contributed by atoms with van der Waals surface area (Å²) in [5.74, 6) is 2.34. The van der Waals surface area contributed by atoms with Crippen molar-refractivity contribution in [2.24, 2.45) is 0 Å². The number of amides is 1. The summed E-state index contributed by atoms with van der Waals surface area (Å²) in [4.78, 5) is 38.6. The molecule has 6 nitrogen and oxygen atoms in total. The molecule has 0 unspecified atom stereocenters. The van der Waals surface area contributed by atoms with E-state index in [-0.39, 0.29) is 5.91 Å². The van der Waals surface area contributed by atoms with Gasteiger partial charge in [0.2, 0.25) is 0 Å². The number of nitrogens with one attached hydrogen (secondary N) is 2. The predicted octanol–water partition coefficient (Wildman–Crippen LogP) is 1.63. The monoisotopic (exact) mass is 327 g/mol. The number of nitrogens with zero attached hydrogens (tertiary/aromatic N) is 1. The number of benzene rings is 1. The topological polar surface area (TPSA) is 84.0 Å². The molecule has 1 aromatic carbocycles. The van der Waals surface area contributed by atoms with Gasteiger partial charge < -0.3 is 14.9 Å². The number of aryl methyl sites for hydroxylation is 1. The quantitative estimate of drug-likeness (QED) is 0.647. The van der Waals surface area contributed by atoms with Crippen LogP contribution in [0.3, 0.4) is 0 Å². The van der Waals surface area contributed by atoms with Crippen molar-refractivity contribution < 1.29 is 4.79 Å². The Morgan fingerprint density at radius 3 is 2.50 bits per heavy atom. The number of rotatable bonds is 5. The fourth-order valence-corrected chi connectivity index (χ4v) is 2.69. The summed E-state index contributed by atoms with van der Waals surface area (Å²) in [5, 5.41) is 2.88. The maximum absolute atomic E-state index is 12.5. The average molecular weight is 327 g/mol. The van der Waals surface area contributed by atoms with Crippen LogP contribution in [0.1, 0.15) is 44.0 Å². The average Bonchev–Trinajstić information content (AvgIpc) is 2.60. The second-order valence-corrected chi connectivity index (χ2v) is 5.62. The number of fused-ring (bicyclic) bond motifs is 1. The van der Waals surface area contributed by atoms with Crippen LogP contribution in [0.25, 0.3) is 11.0 Å². The highest BCUT2D eigenvalue weighted by Gasteiger charge is 2.26. The van der Waals surface area contributed by atoms with Crippen LogP contribution in [0.2, 0.25) is 0 Å². The van der Waals surface area contributed by atoms with Gasteiger partial charge in [0.1, 0.15) is 5.54 Å². The number of H-pyrrole nitrogens is 1. The summed E-state index contributed by atoms with van der Waals surface area (Å²) < 4.78 is 1.37. The molecule has 2 N–H and O–H groups in total. The molecule has 0 saturated heterocycles. The van der Waals surface area contributed by atoms with Crippen LogP contribution in [0.15, 0.2) is 27.8 Å². The van der Waals surface area contributed by atoms with Crippen molar-refractivity contribution in [3.05, 3.63) is 44.5 Å². The molecular formula is C18H21N3O3. The molecule has 1 amide bonds.